The van der Waals surface area contributed by atoms with Crippen LogP contribution < -0.4 is 10.1 Å². The van der Waals surface area contributed by atoms with Crippen LogP contribution in [0.5, 0.6) is 5.75 Å². The Bertz CT molecular complexity index is 536. The third-order valence-electron chi connectivity index (χ3n) is 2.58. The molecule has 2 aromatic rings. The first-order valence-corrected chi connectivity index (χ1v) is 7.42. The van der Waals surface area contributed by atoms with Gasteiger partial charge in [0.05, 0.1) is 13.2 Å². The van der Waals surface area contributed by atoms with Gasteiger partial charge in [-0.25, -0.2) is 4.98 Å². The van der Waals surface area contributed by atoms with Gasteiger partial charge in [0.1, 0.15) is 10.8 Å². The molecule has 0 saturated heterocycles. The lowest BCUT2D eigenvalue weighted by Crippen LogP contribution is -2.22. The standard InChI is InChI=1S/C15H18N2O2S/c1-11(2)10-19-13-5-3-12(4-6-13)15(18)17-9-14-16-7-8-20-14/h3-8,11H,9-10H2,1-2H3,(H,17,18). The molecular weight excluding hydrogens is 272 g/mol. The van der Waals surface area contributed by atoms with Gasteiger partial charge < -0.3 is 10.1 Å². The first kappa shape index (κ1) is 14.5. The number of hydrogen-bond acceptors (Lipinski definition) is 4. The third-order valence-corrected chi connectivity index (χ3v) is 3.36. The fraction of sp³-hybridized carbons (Fsp3) is 0.333. The van der Waals surface area contributed by atoms with Crippen LogP contribution >= 0.6 is 11.3 Å². The molecule has 106 valence electrons. The summed E-state index contributed by atoms with van der Waals surface area (Å²) in [5.41, 5.74) is 0.624. The second-order valence-corrected chi connectivity index (χ2v) is 5.82. The van der Waals surface area contributed by atoms with Gasteiger partial charge in [0.15, 0.2) is 0 Å². The van der Waals surface area contributed by atoms with Crippen molar-refractivity contribution in [2.24, 2.45) is 5.92 Å². The van der Waals surface area contributed by atoms with E-state index < -0.39 is 0 Å². The van der Waals surface area contributed by atoms with Crippen LogP contribution in [0.25, 0.3) is 0 Å². The minimum atomic E-state index is -0.101. The molecule has 2 rings (SSSR count). The van der Waals surface area contributed by atoms with Gasteiger partial charge in [0, 0.05) is 17.1 Å². The number of thiazole rings is 1. The van der Waals surface area contributed by atoms with E-state index in [0.29, 0.717) is 24.6 Å². The van der Waals surface area contributed by atoms with Gasteiger partial charge in [-0.2, -0.15) is 0 Å². The van der Waals surface area contributed by atoms with Crippen molar-refractivity contribution < 1.29 is 9.53 Å². The van der Waals surface area contributed by atoms with Crippen LogP contribution in [0.15, 0.2) is 35.8 Å². The van der Waals surface area contributed by atoms with E-state index in [1.54, 1.807) is 18.3 Å². The maximum absolute atomic E-state index is 11.9. The summed E-state index contributed by atoms with van der Waals surface area (Å²) >= 11 is 1.53. The lowest BCUT2D eigenvalue weighted by molar-refractivity contribution is 0.0951. The fourth-order valence-corrected chi connectivity index (χ4v) is 2.12. The fourth-order valence-electron chi connectivity index (χ4n) is 1.56. The predicted octanol–water partition coefficient (Wildman–Crippen LogP) is 3.11. The number of nitrogens with one attached hydrogen (secondary N) is 1. The summed E-state index contributed by atoms with van der Waals surface area (Å²) in [6.45, 7) is 5.33. The quantitative estimate of drug-likeness (QED) is 0.889. The highest BCUT2D eigenvalue weighted by molar-refractivity contribution is 7.09. The Morgan fingerprint density at radius 3 is 2.70 bits per heavy atom. The smallest absolute Gasteiger partial charge is 0.251 e. The van der Waals surface area contributed by atoms with Crippen LogP contribution in [0.3, 0.4) is 0 Å². The number of aromatic nitrogens is 1. The maximum Gasteiger partial charge on any atom is 0.251 e. The summed E-state index contributed by atoms with van der Waals surface area (Å²) in [5, 5.41) is 5.63. The molecule has 0 bridgehead atoms. The summed E-state index contributed by atoms with van der Waals surface area (Å²) in [4.78, 5) is 16.1. The maximum atomic E-state index is 11.9. The number of benzene rings is 1. The van der Waals surface area contributed by atoms with Crippen LogP contribution in [0.4, 0.5) is 0 Å². The van der Waals surface area contributed by atoms with E-state index in [4.69, 9.17) is 4.74 Å². The van der Waals surface area contributed by atoms with Crippen LogP contribution in [0, 0.1) is 5.92 Å². The Labute approximate surface area is 122 Å². The topological polar surface area (TPSA) is 51.2 Å². The van der Waals surface area contributed by atoms with Crippen LogP contribution in [0.2, 0.25) is 0 Å². The molecule has 0 aliphatic heterocycles. The largest absolute Gasteiger partial charge is 0.493 e. The summed E-state index contributed by atoms with van der Waals surface area (Å²) < 4.78 is 5.58. The summed E-state index contributed by atoms with van der Waals surface area (Å²) in [5.74, 6) is 1.17. The molecule has 0 atom stereocenters. The Morgan fingerprint density at radius 1 is 1.35 bits per heavy atom. The summed E-state index contributed by atoms with van der Waals surface area (Å²) in [6, 6.07) is 7.18. The van der Waals surface area contributed by atoms with Crippen LogP contribution in [-0.2, 0) is 6.54 Å². The van der Waals surface area contributed by atoms with Gasteiger partial charge >= 0.3 is 0 Å². The lowest BCUT2D eigenvalue weighted by Gasteiger charge is -2.09. The first-order chi connectivity index (χ1) is 9.65. The average Bonchev–Trinajstić information content (AvgIpc) is 2.96. The van der Waals surface area contributed by atoms with Crippen molar-refractivity contribution in [2.75, 3.05) is 6.61 Å². The van der Waals surface area contributed by atoms with E-state index in [-0.39, 0.29) is 5.91 Å². The van der Waals surface area contributed by atoms with Crippen molar-refractivity contribution in [1.82, 2.24) is 10.3 Å². The molecule has 1 amide bonds. The number of carbonyl (C=O) groups is 1. The molecule has 20 heavy (non-hydrogen) atoms. The minimum absolute atomic E-state index is 0.101. The number of ether oxygens (including phenoxy) is 1. The van der Waals surface area contributed by atoms with Crippen molar-refractivity contribution in [3.05, 3.63) is 46.4 Å². The molecule has 1 heterocycles. The third kappa shape index (κ3) is 4.35. The van der Waals surface area contributed by atoms with Gasteiger partial charge in [-0.3, -0.25) is 4.79 Å². The molecule has 4 nitrogen and oxygen atoms in total. The molecule has 5 heteroatoms. The minimum Gasteiger partial charge on any atom is -0.493 e. The zero-order valence-corrected chi connectivity index (χ0v) is 12.4. The van der Waals surface area contributed by atoms with Crippen LogP contribution in [-0.4, -0.2) is 17.5 Å². The van der Waals surface area contributed by atoms with Gasteiger partial charge in [-0.15, -0.1) is 11.3 Å². The highest BCUT2D eigenvalue weighted by atomic mass is 32.1. The number of rotatable bonds is 6. The second kappa shape index (κ2) is 7.05. The average molecular weight is 290 g/mol. The molecule has 1 aromatic heterocycles. The van der Waals surface area contributed by atoms with Gasteiger partial charge in [-0.1, -0.05) is 13.8 Å². The predicted molar refractivity (Wildman–Crippen MR) is 80.1 cm³/mol. The number of nitrogens with zero attached hydrogens (tertiary/aromatic N) is 1. The van der Waals surface area contributed by atoms with E-state index in [9.17, 15) is 4.79 Å². The van der Waals surface area contributed by atoms with Crippen molar-refractivity contribution in [3.63, 3.8) is 0 Å². The van der Waals surface area contributed by atoms with Crippen molar-refractivity contribution >= 4 is 17.2 Å². The van der Waals surface area contributed by atoms with Crippen LogP contribution in [0.1, 0.15) is 29.2 Å². The molecule has 0 fully saturated rings. The van der Waals surface area contributed by atoms with E-state index >= 15 is 0 Å². The zero-order valence-electron chi connectivity index (χ0n) is 11.6. The highest BCUT2D eigenvalue weighted by Gasteiger charge is 2.06. The monoisotopic (exact) mass is 290 g/mol. The first-order valence-electron chi connectivity index (χ1n) is 6.54. The molecule has 0 saturated carbocycles. The van der Waals surface area contributed by atoms with E-state index in [1.807, 2.05) is 17.5 Å². The Balaban J connectivity index is 1.87. The number of hydrogen-bond donors (Lipinski definition) is 1. The van der Waals surface area contributed by atoms with Gasteiger partial charge in [0.25, 0.3) is 5.91 Å². The molecule has 1 N–H and O–H groups in total. The molecular formula is C15H18N2O2S. The van der Waals surface area contributed by atoms with E-state index in [0.717, 1.165) is 10.8 Å². The van der Waals surface area contributed by atoms with E-state index in [2.05, 4.69) is 24.1 Å². The molecule has 0 radical (unpaired) electrons. The SMILES string of the molecule is CC(C)COc1ccc(C(=O)NCc2nccs2)cc1. The van der Waals surface area contributed by atoms with E-state index in [1.165, 1.54) is 11.3 Å². The van der Waals surface area contributed by atoms with Crippen molar-refractivity contribution in [2.45, 2.75) is 20.4 Å². The number of carbonyl (C=O) groups excluding carboxylic acids is 1. The molecule has 0 spiro atoms. The normalized spacial score (nSPS) is 10.6. The lowest BCUT2D eigenvalue weighted by atomic mass is 10.2. The molecule has 0 aliphatic carbocycles. The summed E-state index contributed by atoms with van der Waals surface area (Å²) in [7, 11) is 0. The summed E-state index contributed by atoms with van der Waals surface area (Å²) in [6.07, 6.45) is 1.73. The Hall–Kier alpha value is -1.88. The van der Waals surface area contributed by atoms with Gasteiger partial charge in [0.2, 0.25) is 0 Å². The van der Waals surface area contributed by atoms with Crippen molar-refractivity contribution in [1.29, 1.82) is 0 Å². The molecule has 0 unspecified atom stereocenters. The zero-order chi connectivity index (χ0) is 14.4. The van der Waals surface area contributed by atoms with Crippen molar-refractivity contribution in [3.8, 4) is 5.75 Å². The highest BCUT2D eigenvalue weighted by Crippen LogP contribution is 2.13. The van der Waals surface area contributed by atoms with Gasteiger partial charge in [-0.05, 0) is 30.2 Å². The Morgan fingerprint density at radius 2 is 2.10 bits per heavy atom. The second-order valence-electron chi connectivity index (χ2n) is 4.84. The molecule has 1 aromatic carbocycles. The molecule has 0 aliphatic rings. The Kier molecular flexibility index (Phi) is 5.12. The number of amides is 1.